The molecule has 2 N–H and O–H groups in total. The predicted octanol–water partition coefficient (Wildman–Crippen LogP) is 2.42. The van der Waals surface area contributed by atoms with Crippen LogP contribution in [0.1, 0.15) is 24.0 Å². The van der Waals surface area contributed by atoms with Gasteiger partial charge in [-0.15, -0.1) is 0 Å². The van der Waals surface area contributed by atoms with Crippen molar-refractivity contribution < 1.29 is 19.4 Å². The SMILES string of the molecule is CCOCC(=O)N[C@@H](C(=O)O)C(c1ccccc1)c1ccccc1. The van der Waals surface area contributed by atoms with Crippen molar-refractivity contribution in [2.75, 3.05) is 13.2 Å². The number of amides is 1. The Kier molecular flexibility index (Phi) is 6.51. The summed E-state index contributed by atoms with van der Waals surface area (Å²) in [4.78, 5) is 23.8. The summed E-state index contributed by atoms with van der Waals surface area (Å²) in [5.41, 5.74) is 1.65. The summed E-state index contributed by atoms with van der Waals surface area (Å²) >= 11 is 0. The van der Waals surface area contributed by atoms with Crippen LogP contribution in [0.15, 0.2) is 60.7 Å². The summed E-state index contributed by atoms with van der Waals surface area (Å²) in [5, 5.41) is 12.3. The molecule has 2 aromatic rings. The monoisotopic (exact) mass is 327 g/mol. The van der Waals surface area contributed by atoms with E-state index < -0.39 is 23.8 Å². The molecule has 24 heavy (non-hydrogen) atoms. The van der Waals surface area contributed by atoms with Crippen LogP contribution in [0.3, 0.4) is 0 Å². The van der Waals surface area contributed by atoms with Crippen LogP contribution < -0.4 is 5.32 Å². The van der Waals surface area contributed by atoms with Gasteiger partial charge < -0.3 is 15.2 Å². The molecule has 0 fully saturated rings. The Hall–Kier alpha value is -2.66. The normalized spacial score (nSPS) is 11.9. The van der Waals surface area contributed by atoms with E-state index in [0.717, 1.165) is 11.1 Å². The molecule has 2 aromatic carbocycles. The molecule has 0 unspecified atom stereocenters. The third-order valence-electron chi connectivity index (χ3n) is 3.67. The molecule has 0 heterocycles. The van der Waals surface area contributed by atoms with E-state index >= 15 is 0 Å². The van der Waals surface area contributed by atoms with Gasteiger partial charge in [0.15, 0.2) is 0 Å². The summed E-state index contributed by atoms with van der Waals surface area (Å²) in [6.07, 6.45) is 0. The summed E-state index contributed by atoms with van der Waals surface area (Å²) in [5.74, 6) is -2.02. The molecule has 5 heteroatoms. The van der Waals surface area contributed by atoms with Gasteiger partial charge in [0.25, 0.3) is 0 Å². The van der Waals surface area contributed by atoms with Crippen molar-refractivity contribution in [2.45, 2.75) is 18.9 Å². The first kappa shape index (κ1) is 17.7. The number of aliphatic carboxylic acids is 1. The standard InChI is InChI=1S/C19H21NO4/c1-2-24-13-16(21)20-18(19(22)23)17(14-9-5-3-6-10-14)15-11-7-4-8-12-15/h3-12,17-18H,2,13H2,1H3,(H,20,21)(H,22,23)/t18-/m1/s1. The minimum atomic E-state index is -1.09. The van der Waals surface area contributed by atoms with Gasteiger partial charge in [0.2, 0.25) is 5.91 Å². The van der Waals surface area contributed by atoms with Crippen molar-refractivity contribution in [2.24, 2.45) is 0 Å². The lowest BCUT2D eigenvalue weighted by atomic mass is 9.85. The molecule has 0 aromatic heterocycles. The Morgan fingerprint density at radius 2 is 1.50 bits per heavy atom. The lowest BCUT2D eigenvalue weighted by Gasteiger charge is -2.26. The van der Waals surface area contributed by atoms with Crippen molar-refractivity contribution in [1.29, 1.82) is 0 Å². The van der Waals surface area contributed by atoms with E-state index in [-0.39, 0.29) is 6.61 Å². The summed E-state index contributed by atoms with van der Waals surface area (Å²) < 4.78 is 5.06. The molecule has 0 bridgehead atoms. The highest BCUT2D eigenvalue weighted by molar-refractivity contribution is 5.85. The van der Waals surface area contributed by atoms with Gasteiger partial charge in [-0.3, -0.25) is 4.79 Å². The molecule has 0 radical (unpaired) electrons. The molecule has 0 aliphatic carbocycles. The van der Waals surface area contributed by atoms with Gasteiger partial charge in [0.05, 0.1) is 0 Å². The van der Waals surface area contributed by atoms with Crippen molar-refractivity contribution in [3.63, 3.8) is 0 Å². The fraction of sp³-hybridized carbons (Fsp3) is 0.263. The van der Waals surface area contributed by atoms with Crippen LogP contribution >= 0.6 is 0 Å². The maximum atomic E-state index is 12.0. The number of hydrogen-bond donors (Lipinski definition) is 2. The highest BCUT2D eigenvalue weighted by Crippen LogP contribution is 2.28. The summed E-state index contributed by atoms with van der Waals surface area (Å²) in [6.45, 7) is 2.02. The Balaban J connectivity index is 2.35. The van der Waals surface area contributed by atoms with Crippen LogP contribution in [0, 0.1) is 0 Å². The molecule has 1 atom stereocenters. The van der Waals surface area contributed by atoms with Crippen LogP contribution in [0.5, 0.6) is 0 Å². The number of carboxylic acids is 1. The van der Waals surface area contributed by atoms with Crippen LogP contribution in [-0.4, -0.2) is 36.2 Å². The highest BCUT2D eigenvalue weighted by atomic mass is 16.5. The van der Waals surface area contributed by atoms with E-state index in [1.54, 1.807) is 6.92 Å². The first-order chi connectivity index (χ1) is 11.6. The predicted molar refractivity (Wildman–Crippen MR) is 90.8 cm³/mol. The number of carboxylic acid groups (broad SMARTS) is 1. The van der Waals surface area contributed by atoms with E-state index in [4.69, 9.17) is 4.74 Å². The van der Waals surface area contributed by atoms with Gasteiger partial charge in [-0.1, -0.05) is 60.7 Å². The van der Waals surface area contributed by atoms with E-state index in [2.05, 4.69) is 5.32 Å². The van der Waals surface area contributed by atoms with Gasteiger partial charge in [-0.05, 0) is 18.1 Å². The lowest BCUT2D eigenvalue weighted by Crippen LogP contribution is -2.46. The van der Waals surface area contributed by atoms with Crippen molar-refractivity contribution >= 4 is 11.9 Å². The lowest BCUT2D eigenvalue weighted by molar-refractivity contribution is -0.143. The molecule has 0 aliphatic rings. The Morgan fingerprint density at radius 3 is 1.92 bits per heavy atom. The fourth-order valence-electron chi connectivity index (χ4n) is 2.60. The Labute approximate surface area is 141 Å². The molecule has 0 aliphatic heterocycles. The number of nitrogens with one attached hydrogen (secondary N) is 1. The maximum absolute atomic E-state index is 12.0. The largest absolute Gasteiger partial charge is 0.480 e. The third-order valence-corrected chi connectivity index (χ3v) is 3.67. The Morgan fingerprint density at radius 1 is 1.00 bits per heavy atom. The van der Waals surface area contributed by atoms with Crippen molar-refractivity contribution in [3.8, 4) is 0 Å². The minimum Gasteiger partial charge on any atom is -0.480 e. The molecule has 126 valence electrons. The molecule has 0 spiro atoms. The van der Waals surface area contributed by atoms with Crippen LogP contribution in [-0.2, 0) is 14.3 Å². The maximum Gasteiger partial charge on any atom is 0.327 e. The second-order valence-corrected chi connectivity index (χ2v) is 5.32. The average molecular weight is 327 g/mol. The molecule has 0 saturated heterocycles. The number of benzene rings is 2. The molecule has 0 saturated carbocycles. The fourth-order valence-corrected chi connectivity index (χ4v) is 2.60. The number of ether oxygens (including phenoxy) is 1. The molecular formula is C19H21NO4. The quantitative estimate of drug-likeness (QED) is 0.781. The van der Waals surface area contributed by atoms with Gasteiger partial charge in [0.1, 0.15) is 12.6 Å². The molecular weight excluding hydrogens is 306 g/mol. The highest BCUT2D eigenvalue weighted by Gasteiger charge is 2.32. The van der Waals surface area contributed by atoms with Gasteiger partial charge in [0, 0.05) is 12.5 Å². The topological polar surface area (TPSA) is 75.6 Å². The van der Waals surface area contributed by atoms with Crippen LogP contribution in [0.4, 0.5) is 0 Å². The third kappa shape index (κ3) is 4.67. The van der Waals surface area contributed by atoms with Crippen molar-refractivity contribution in [3.05, 3.63) is 71.8 Å². The molecule has 2 rings (SSSR count). The van der Waals surface area contributed by atoms with E-state index in [0.29, 0.717) is 6.61 Å². The molecule has 1 amide bonds. The number of carbonyl (C=O) groups is 2. The zero-order valence-electron chi connectivity index (χ0n) is 13.5. The molecule has 5 nitrogen and oxygen atoms in total. The summed E-state index contributed by atoms with van der Waals surface area (Å²) in [6, 6.07) is 17.5. The average Bonchev–Trinajstić information content (AvgIpc) is 2.61. The number of rotatable bonds is 8. The smallest absolute Gasteiger partial charge is 0.327 e. The van der Waals surface area contributed by atoms with E-state index in [9.17, 15) is 14.7 Å². The van der Waals surface area contributed by atoms with E-state index in [1.165, 1.54) is 0 Å². The van der Waals surface area contributed by atoms with Gasteiger partial charge in [-0.25, -0.2) is 4.79 Å². The van der Waals surface area contributed by atoms with Gasteiger partial charge in [-0.2, -0.15) is 0 Å². The Bertz CT molecular complexity index is 618. The van der Waals surface area contributed by atoms with Gasteiger partial charge >= 0.3 is 5.97 Å². The zero-order chi connectivity index (χ0) is 17.4. The van der Waals surface area contributed by atoms with Crippen LogP contribution in [0.2, 0.25) is 0 Å². The summed E-state index contributed by atoms with van der Waals surface area (Å²) in [7, 11) is 0. The number of hydrogen-bond acceptors (Lipinski definition) is 3. The first-order valence-corrected chi connectivity index (χ1v) is 7.83. The minimum absolute atomic E-state index is 0.156. The van der Waals surface area contributed by atoms with Crippen molar-refractivity contribution in [1.82, 2.24) is 5.32 Å². The van der Waals surface area contributed by atoms with Crippen LogP contribution in [0.25, 0.3) is 0 Å². The first-order valence-electron chi connectivity index (χ1n) is 7.83. The zero-order valence-corrected chi connectivity index (χ0v) is 13.5. The number of carbonyl (C=O) groups excluding carboxylic acids is 1. The van der Waals surface area contributed by atoms with E-state index in [1.807, 2.05) is 60.7 Å². The second-order valence-electron chi connectivity index (χ2n) is 5.32. The second kappa shape index (κ2) is 8.84.